The summed E-state index contributed by atoms with van der Waals surface area (Å²) < 4.78 is 0. The Kier molecular flexibility index (Phi) is 2.55. The number of hydrogen-bond donors (Lipinski definition) is 0. The van der Waals surface area contributed by atoms with Gasteiger partial charge in [0.05, 0.1) is 16.1 Å². The van der Waals surface area contributed by atoms with Gasteiger partial charge in [-0.1, -0.05) is 5.06 Å². The van der Waals surface area contributed by atoms with Crippen molar-refractivity contribution >= 4 is 23.5 Å². The number of hydrogen-bond acceptors (Lipinski definition) is 6. The highest BCUT2D eigenvalue weighted by Crippen LogP contribution is 2.26. The first-order chi connectivity index (χ1) is 8.41. The molecule has 0 fully saturated rings. The lowest BCUT2D eigenvalue weighted by molar-refractivity contribution is -0.384. The first-order valence-electron chi connectivity index (χ1n) is 4.77. The molecule has 1 heterocycles. The highest BCUT2D eigenvalue weighted by atomic mass is 16.7. The summed E-state index contributed by atoms with van der Waals surface area (Å²) in [6.45, 7) is 1.03. The molecule has 0 saturated heterocycles. The maximum Gasteiger partial charge on any atom is 0.330 e. The molecule has 0 radical (unpaired) electrons. The summed E-state index contributed by atoms with van der Waals surface area (Å²) in [6.07, 6.45) is 0. The van der Waals surface area contributed by atoms with Gasteiger partial charge >= 0.3 is 5.97 Å². The number of amides is 2. The average molecular weight is 250 g/mol. The molecule has 2 rings (SSSR count). The van der Waals surface area contributed by atoms with Crippen LogP contribution in [0.15, 0.2) is 18.2 Å². The van der Waals surface area contributed by atoms with Crippen LogP contribution in [0.3, 0.4) is 0 Å². The topological polar surface area (TPSA) is 107 Å². The van der Waals surface area contributed by atoms with Crippen molar-refractivity contribution in [2.45, 2.75) is 6.92 Å². The Morgan fingerprint density at radius 2 is 1.89 bits per heavy atom. The van der Waals surface area contributed by atoms with E-state index in [-0.39, 0.29) is 21.9 Å². The van der Waals surface area contributed by atoms with Gasteiger partial charge in [-0.3, -0.25) is 19.7 Å². The van der Waals surface area contributed by atoms with Crippen molar-refractivity contribution in [3.05, 3.63) is 39.4 Å². The average Bonchev–Trinajstić information content (AvgIpc) is 2.53. The van der Waals surface area contributed by atoms with Gasteiger partial charge in [-0.25, -0.2) is 4.79 Å². The number of carbonyl (C=O) groups is 3. The predicted octanol–water partition coefficient (Wildman–Crippen LogP) is 0.669. The molecule has 8 heteroatoms. The zero-order valence-corrected chi connectivity index (χ0v) is 9.08. The third kappa shape index (κ3) is 1.69. The Balaban J connectivity index is 2.45. The van der Waals surface area contributed by atoms with Crippen molar-refractivity contribution < 1.29 is 24.1 Å². The van der Waals surface area contributed by atoms with Crippen LogP contribution < -0.4 is 0 Å². The van der Waals surface area contributed by atoms with Crippen LogP contribution >= 0.6 is 0 Å². The quantitative estimate of drug-likeness (QED) is 0.433. The van der Waals surface area contributed by atoms with Crippen LogP contribution in [0.25, 0.3) is 0 Å². The van der Waals surface area contributed by atoms with Crippen molar-refractivity contribution in [1.29, 1.82) is 0 Å². The van der Waals surface area contributed by atoms with Crippen LogP contribution in [0.4, 0.5) is 5.69 Å². The summed E-state index contributed by atoms with van der Waals surface area (Å²) in [6, 6.07) is 3.22. The molecule has 0 aliphatic carbocycles. The molecule has 1 aliphatic rings. The van der Waals surface area contributed by atoms with Crippen molar-refractivity contribution in [2.75, 3.05) is 0 Å². The SMILES string of the molecule is CC(=O)ON1C(=O)c2ccc([N+](=O)[O-])cc2C1=O. The second kappa shape index (κ2) is 3.91. The fourth-order valence-electron chi connectivity index (χ4n) is 1.53. The van der Waals surface area contributed by atoms with Crippen molar-refractivity contribution in [2.24, 2.45) is 0 Å². The maximum absolute atomic E-state index is 11.7. The molecule has 0 N–H and O–H groups in total. The lowest BCUT2D eigenvalue weighted by Crippen LogP contribution is -2.31. The van der Waals surface area contributed by atoms with Gasteiger partial charge in [-0.05, 0) is 6.07 Å². The van der Waals surface area contributed by atoms with Crippen molar-refractivity contribution in [1.82, 2.24) is 5.06 Å². The summed E-state index contributed by atoms with van der Waals surface area (Å²) in [5.41, 5.74) is -0.512. The predicted molar refractivity (Wildman–Crippen MR) is 55.4 cm³/mol. The highest BCUT2D eigenvalue weighted by Gasteiger charge is 2.39. The molecule has 1 aromatic rings. The van der Waals surface area contributed by atoms with E-state index in [9.17, 15) is 24.5 Å². The number of non-ortho nitro benzene ring substituents is 1. The van der Waals surface area contributed by atoms with Gasteiger partial charge in [0.1, 0.15) is 0 Å². The van der Waals surface area contributed by atoms with Gasteiger partial charge in [0.25, 0.3) is 17.5 Å². The number of imide groups is 1. The van der Waals surface area contributed by atoms with E-state index < -0.39 is 22.7 Å². The molecule has 18 heavy (non-hydrogen) atoms. The smallest absolute Gasteiger partial charge is 0.330 e. The van der Waals surface area contributed by atoms with Crippen molar-refractivity contribution in [3.63, 3.8) is 0 Å². The summed E-state index contributed by atoms with van der Waals surface area (Å²) in [4.78, 5) is 48.5. The molecule has 1 aliphatic heterocycles. The molecule has 0 aromatic heterocycles. The fraction of sp³-hybridized carbons (Fsp3) is 0.100. The summed E-state index contributed by atoms with van der Waals surface area (Å²) >= 11 is 0. The standard InChI is InChI=1S/C10H6N2O6/c1-5(13)18-11-9(14)7-3-2-6(12(16)17)4-8(7)10(11)15/h2-4H,1H3. The van der Waals surface area contributed by atoms with Gasteiger partial charge < -0.3 is 4.84 Å². The van der Waals surface area contributed by atoms with E-state index in [0.29, 0.717) is 0 Å². The van der Waals surface area contributed by atoms with Crippen molar-refractivity contribution in [3.8, 4) is 0 Å². The highest BCUT2D eigenvalue weighted by molar-refractivity contribution is 6.21. The fourth-order valence-corrected chi connectivity index (χ4v) is 1.53. The van der Waals surface area contributed by atoms with E-state index in [2.05, 4.69) is 4.84 Å². The van der Waals surface area contributed by atoms with Gasteiger partial charge in [0.15, 0.2) is 0 Å². The van der Waals surface area contributed by atoms with Crippen LogP contribution in [0.1, 0.15) is 27.6 Å². The van der Waals surface area contributed by atoms with Crippen LogP contribution in [0, 0.1) is 10.1 Å². The Bertz CT molecular complexity index is 594. The zero-order valence-electron chi connectivity index (χ0n) is 9.08. The maximum atomic E-state index is 11.7. The molecular formula is C10H6N2O6. The van der Waals surface area contributed by atoms with Gasteiger partial charge in [0.2, 0.25) is 0 Å². The van der Waals surface area contributed by atoms with Crippen LogP contribution in [0.5, 0.6) is 0 Å². The Labute approximate surface area is 99.9 Å². The third-order valence-corrected chi connectivity index (χ3v) is 2.26. The molecule has 2 amide bonds. The summed E-state index contributed by atoms with van der Waals surface area (Å²) in [5.74, 6) is -2.55. The molecule has 0 bridgehead atoms. The Hall–Kier alpha value is -2.77. The largest absolute Gasteiger partial charge is 0.330 e. The lowest BCUT2D eigenvalue weighted by Gasteiger charge is -2.10. The number of nitrogens with zero attached hydrogens (tertiary/aromatic N) is 2. The zero-order chi connectivity index (χ0) is 13.4. The number of hydroxylamine groups is 2. The van der Waals surface area contributed by atoms with Crippen LogP contribution in [0.2, 0.25) is 0 Å². The molecule has 92 valence electrons. The van der Waals surface area contributed by atoms with E-state index in [1.165, 1.54) is 0 Å². The Morgan fingerprint density at radius 1 is 1.28 bits per heavy atom. The number of fused-ring (bicyclic) bond motifs is 1. The summed E-state index contributed by atoms with van der Waals surface area (Å²) in [7, 11) is 0. The number of benzene rings is 1. The summed E-state index contributed by atoms with van der Waals surface area (Å²) in [5, 5.41) is 10.8. The third-order valence-electron chi connectivity index (χ3n) is 2.26. The van der Waals surface area contributed by atoms with Gasteiger partial charge in [-0.2, -0.15) is 0 Å². The van der Waals surface area contributed by atoms with E-state index in [1.54, 1.807) is 0 Å². The van der Waals surface area contributed by atoms with E-state index in [1.807, 2.05) is 0 Å². The molecule has 0 unspecified atom stereocenters. The number of nitro benzene ring substituents is 1. The van der Waals surface area contributed by atoms with Gasteiger partial charge in [0, 0.05) is 19.1 Å². The molecule has 0 atom stereocenters. The minimum absolute atomic E-state index is 0.0353. The first kappa shape index (κ1) is 11.7. The number of rotatable bonds is 2. The molecule has 0 saturated carbocycles. The molecular weight excluding hydrogens is 244 g/mol. The lowest BCUT2D eigenvalue weighted by atomic mass is 10.1. The second-order valence-corrected chi connectivity index (χ2v) is 3.47. The van der Waals surface area contributed by atoms with Crippen LogP contribution in [-0.4, -0.2) is 27.8 Å². The number of carbonyl (C=O) groups excluding carboxylic acids is 3. The van der Waals surface area contributed by atoms with E-state index in [4.69, 9.17) is 0 Å². The number of nitro groups is 1. The molecule has 8 nitrogen and oxygen atoms in total. The first-order valence-corrected chi connectivity index (χ1v) is 4.77. The Morgan fingerprint density at radius 3 is 2.44 bits per heavy atom. The normalized spacial score (nSPS) is 13.5. The monoisotopic (exact) mass is 250 g/mol. The van der Waals surface area contributed by atoms with E-state index in [0.717, 1.165) is 25.1 Å². The van der Waals surface area contributed by atoms with Gasteiger partial charge in [-0.15, -0.1) is 0 Å². The minimum atomic E-state index is -0.895. The minimum Gasteiger partial charge on any atom is -0.330 e. The second-order valence-electron chi connectivity index (χ2n) is 3.47. The molecule has 0 spiro atoms. The molecule has 1 aromatic carbocycles. The van der Waals surface area contributed by atoms with Crippen LogP contribution in [-0.2, 0) is 9.63 Å². The van der Waals surface area contributed by atoms with E-state index >= 15 is 0 Å².